The minimum absolute atomic E-state index is 0.0135. The van der Waals surface area contributed by atoms with E-state index in [1.165, 1.54) is 10.4 Å². The maximum atomic E-state index is 13.2. The van der Waals surface area contributed by atoms with Gasteiger partial charge in [0.15, 0.2) is 0 Å². The molecule has 2 aliphatic heterocycles. The summed E-state index contributed by atoms with van der Waals surface area (Å²) in [5.74, 6) is 0.0413. The van der Waals surface area contributed by atoms with Crippen LogP contribution in [0.4, 0.5) is 18.9 Å². The fraction of sp³-hybridized carbons (Fsp3) is 0.435. The highest BCUT2D eigenvalue weighted by molar-refractivity contribution is 7.89. The summed E-state index contributed by atoms with van der Waals surface area (Å²) in [7, 11) is -4.07. The third kappa shape index (κ3) is 4.28. The number of amides is 1. The van der Waals surface area contributed by atoms with Gasteiger partial charge in [-0.25, -0.2) is 8.42 Å². The lowest BCUT2D eigenvalue weighted by molar-refractivity contribution is -0.137. The van der Waals surface area contributed by atoms with E-state index in [1.807, 2.05) is 24.3 Å². The van der Waals surface area contributed by atoms with Crippen LogP contribution in [0.5, 0.6) is 0 Å². The maximum Gasteiger partial charge on any atom is 0.416 e. The van der Waals surface area contributed by atoms with Gasteiger partial charge in [0.1, 0.15) is 0 Å². The Morgan fingerprint density at radius 2 is 1.66 bits per heavy atom. The Kier molecular flexibility index (Phi) is 6.06. The van der Waals surface area contributed by atoms with Crippen molar-refractivity contribution in [1.82, 2.24) is 4.31 Å². The first-order valence-corrected chi connectivity index (χ1v) is 12.1. The fourth-order valence-electron chi connectivity index (χ4n) is 4.52. The van der Waals surface area contributed by atoms with Gasteiger partial charge < -0.3 is 4.90 Å². The molecule has 2 heterocycles. The van der Waals surface area contributed by atoms with Crippen molar-refractivity contribution in [3.05, 3.63) is 59.7 Å². The van der Waals surface area contributed by atoms with Crippen molar-refractivity contribution in [2.24, 2.45) is 5.92 Å². The van der Waals surface area contributed by atoms with Gasteiger partial charge >= 0.3 is 6.18 Å². The highest BCUT2D eigenvalue weighted by Gasteiger charge is 2.37. The zero-order valence-electron chi connectivity index (χ0n) is 17.7. The molecule has 32 heavy (non-hydrogen) atoms. The first-order chi connectivity index (χ1) is 15.1. The van der Waals surface area contributed by atoms with E-state index < -0.39 is 21.8 Å². The lowest BCUT2D eigenvalue weighted by Gasteiger charge is -2.37. The van der Waals surface area contributed by atoms with Gasteiger partial charge in [-0.05, 0) is 55.0 Å². The number of halogens is 3. The third-order valence-corrected chi connectivity index (χ3v) is 8.31. The van der Waals surface area contributed by atoms with E-state index in [0.717, 1.165) is 29.8 Å². The summed E-state index contributed by atoms with van der Waals surface area (Å²) >= 11 is 0. The molecule has 1 atom stereocenters. The molecule has 9 heteroatoms. The number of para-hydroxylation sites is 1. The van der Waals surface area contributed by atoms with Gasteiger partial charge in [0.25, 0.3) is 0 Å². The molecule has 5 nitrogen and oxygen atoms in total. The molecular formula is C23H25F3N2O3S. The number of alkyl halides is 3. The number of fused-ring (bicyclic) bond motifs is 1. The van der Waals surface area contributed by atoms with Gasteiger partial charge in [-0.1, -0.05) is 31.2 Å². The highest BCUT2D eigenvalue weighted by atomic mass is 32.2. The predicted octanol–water partition coefficient (Wildman–Crippen LogP) is 4.65. The van der Waals surface area contributed by atoms with Crippen LogP contribution in [0.2, 0.25) is 0 Å². The number of sulfonamides is 1. The molecule has 0 N–H and O–H groups in total. The number of carbonyl (C=O) groups excluding carboxylic acids is 1. The smallest absolute Gasteiger partial charge is 0.312 e. The average molecular weight is 467 g/mol. The number of carbonyl (C=O) groups is 1. The van der Waals surface area contributed by atoms with Gasteiger partial charge in [0.05, 0.1) is 10.5 Å². The van der Waals surface area contributed by atoms with Crippen LogP contribution in [0.3, 0.4) is 0 Å². The van der Waals surface area contributed by atoms with Gasteiger partial charge in [0.2, 0.25) is 15.9 Å². The van der Waals surface area contributed by atoms with Gasteiger partial charge in [0, 0.05) is 31.2 Å². The second-order valence-electron chi connectivity index (χ2n) is 8.44. The number of hydrogen-bond donors (Lipinski definition) is 0. The molecule has 1 saturated heterocycles. The summed E-state index contributed by atoms with van der Waals surface area (Å²) in [6, 6.07) is 11.6. The van der Waals surface area contributed by atoms with Crippen molar-refractivity contribution >= 4 is 21.6 Å². The molecule has 0 saturated carbocycles. The SMILES string of the molecule is CC1CCN(C(=O)C2CCN(S(=O)(=O)c3cccc(C(F)(F)F)c3)CC2)c2ccccc21. The number of hydrogen-bond acceptors (Lipinski definition) is 3. The molecule has 1 fully saturated rings. The summed E-state index contributed by atoms with van der Waals surface area (Å²) in [6.07, 6.45) is -3.07. The number of benzene rings is 2. The molecule has 1 amide bonds. The van der Waals surface area contributed by atoms with Crippen LogP contribution in [0.1, 0.15) is 43.2 Å². The Morgan fingerprint density at radius 3 is 2.34 bits per heavy atom. The largest absolute Gasteiger partial charge is 0.416 e. The van der Waals surface area contributed by atoms with E-state index in [1.54, 1.807) is 4.90 Å². The van der Waals surface area contributed by atoms with Crippen LogP contribution in [0.25, 0.3) is 0 Å². The molecule has 0 bridgehead atoms. The van der Waals surface area contributed by atoms with Crippen LogP contribution in [-0.4, -0.2) is 38.3 Å². The monoisotopic (exact) mass is 466 g/mol. The summed E-state index contributed by atoms with van der Waals surface area (Å²) in [5.41, 5.74) is 1.05. The molecule has 1 unspecified atom stereocenters. The Hall–Kier alpha value is -2.39. The molecule has 0 spiro atoms. The van der Waals surface area contributed by atoms with Crippen LogP contribution >= 0.6 is 0 Å². The Balaban J connectivity index is 1.47. The summed E-state index contributed by atoms with van der Waals surface area (Å²) in [4.78, 5) is 14.7. The zero-order valence-corrected chi connectivity index (χ0v) is 18.5. The summed E-state index contributed by atoms with van der Waals surface area (Å²) in [6.45, 7) is 2.96. The number of rotatable bonds is 3. The molecule has 0 radical (unpaired) electrons. The van der Waals surface area contributed by atoms with Crippen LogP contribution < -0.4 is 4.90 Å². The van der Waals surface area contributed by atoms with E-state index in [-0.39, 0.29) is 29.8 Å². The standard InChI is InChI=1S/C23H25F3N2O3S/c1-16-9-14-28(21-8-3-2-7-20(16)21)22(29)17-10-12-27(13-11-17)32(30,31)19-6-4-5-18(15-19)23(24,25)26/h2-8,15-17H,9-14H2,1H3. The Morgan fingerprint density at radius 1 is 0.969 bits per heavy atom. The minimum Gasteiger partial charge on any atom is -0.312 e. The topological polar surface area (TPSA) is 57.7 Å². The van der Waals surface area contributed by atoms with Crippen molar-refractivity contribution in [3.63, 3.8) is 0 Å². The van der Waals surface area contributed by atoms with Crippen molar-refractivity contribution in [3.8, 4) is 0 Å². The van der Waals surface area contributed by atoms with E-state index in [0.29, 0.717) is 31.4 Å². The van der Waals surface area contributed by atoms with E-state index in [9.17, 15) is 26.4 Å². The van der Waals surface area contributed by atoms with Crippen molar-refractivity contribution < 1.29 is 26.4 Å². The molecule has 4 rings (SSSR count). The van der Waals surface area contributed by atoms with Gasteiger partial charge in [-0.3, -0.25) is 4.79 Å². The third-order valence-electron chi connectivity index (χ3n) is 6.41. The van der Waals surface area contributed by atoms with Crippen LogP contribution in [0, 0.1) is 5.92 Å². The average Bonchev–Trinajstić information content (AvgIpc) is 2.79. The van der Waals surface area contributed by atoms with E-state index >= 15 is 0 Å². The van der Waals surface area contributed by atoms with Crippen LogP contribution in [-0.2, 0) is 21.0 Å². The Labute approximate surface area is 185 Å². The Bertz CT molecular complexity index is 1110. The number of anilines is 1. The quantitative estimate of drug-likeness (QED) is 0.662. The normalized spacial score (nSPS) is 20.8. The lowest BCUT2D eigenvalue weighted by atomic mass is 9.89. The lowest BCUT2D eigenvalue weighted by Crippen LogP contribution is -2.46. The van der Waals surface area contributed by atoms with Gasteiger partial charge in [-0.2, -0.15) is 17.5 Å². The highest BCUT2D eigenvalue weighted by Crippen LogP contribution is 2.37. The van der Waals surface area contributed by atoms with Crippen molar-refractivity contribution in [1.29, 1.82) is 0 Å². The second kappa shape index (κ2) is 8.51. The molecular weight excluding hydrogens is 441 g/mol. The molecule has 0 aromatic heterocycles. The molecule has 0 aliphatic carbocycles. The number of nitrogens with zero attached hydrogens (tertiary/aromatic N) is 2. The van der Waals surface area contributed by atoms with Crippen molar-refractivity contribution in [2.75, 3.05) is 24.5 Å². The maximum absolute atomic E-state index is 13.2. The molecule has 2 aromatic rings. The minimum atomic E-state index is -4.62. The first kappa shape index (κ1) is 22.8. The first-order valence-electron chi connectivity index (χ1n) is 10.7. The molecule has 2 aromatic carbocycles. The van der Waals surface area contributed by atoms with E-state index in [2.05, 4.69) is 6.92 Å². The zero-order chi connectivity index (χ0) is 23.1. The molecule has 2 aliphatic rings. The fourth-order valence-corrected chi connectivity index (χ4v) is 6.04. The van der Waals surface area contributed by atoms with Crippen LogP contribution in [0.15, 0.2) is 53.4 Å². The number of piperidine rings is 1. The molecule has 172 valence electrons. The summed E-state index contributed by atoms with van der Waals surface area (Å²) in [5, 5.41) is 0. The predicted molar refractivity (Wildman–Crippen MR) is 115 cm³/mol. The summed E-state index contributed by atoms with van der Waals surface area (Å²) < 4.78 is 66.0. The van der Waals surface area contributed by atoms with Crippen molar-refractivity contribution in [2.45, 2.75) is 43.2 Å². The van der Waals surface area contributed by atoms with Gasteiger partial charge in [-0.15, -0.1) is 0 Å². The second-order valence-corrected chi connectivity index (χ2v) is 10.4. The van der Waals surface area contributed by atoms with E-state index in [4.69, 9.17) is 0 Å².